The first-order valence-electron chi connectivity index (χ1n) is 10.8. The van der Waals surface area contributed by atoms with Gasteiger partial charge in [-0.05, 0) is 62.3 Å². The van der Waals surface area contributed by atoms with Crippen molar-refractivity contribution in [2.45, 2.75) is 19.4 Å². The molecule has 9 nitrogen and oxygen atoms in total. The third kappa shape index (κ3) is 5.43. The van der Waals surface area contributed by atoms with Gasteiger partial charge in [-0.2, -0.15) is 4.98 Å². The second-order valence-corrected chi connectivity index (χ2v) is 7.85. The lowest BCUT2D eigenvalue weighted by Crippen LogP contribution is -2.37. The fraction of sp³-hybridized carbons (Fsp3) is 0.375. The van der Waals surface area contributed by atoms with Gasteiger partial charge in [0.05, 0.1) is 33.6 Å². The smallest absolute Gasteiger partial charge is 0.241 e. The summed E-state index contributed by atoms with van der Waals surface area (Å²) in [6.07, 6.45) is 1.51. The highest BCUT2D eigenvalue weighted by molar-refractivity contribution is 5.94. The Balaban J connectivity index is 1.29. The van der Waals surface area contributed by atoms with Crippen LogP contribution in [0.15, 0.2) is 47.0 Å². The van der Waals surface area contributed by atoms with Gasteiger partial charge in [0, 0.05) is 17.5 Å². The van der Waals surface area contributed by atoms with Crippen LogP contribution in [-0.4, -0.2) is 55.4 Å². The number of anilines is 1. The number of benzene rings is 2. The number of piperidine rings is 1. The zero-order valence-electron chi connectivity index (χ0n) is 19.0. The van der Waals surface area contributed by atoms with E-state index in [-0.39, 0.29) is 11.8 Å². The molecule has 0 unspecified atom stereocenters. The van der Waals surface area contributed by atoms with E-state index in [1.807, 2.05) is 24.3 Å². The molecule has 0 radical (unpaired) electrons. The monoisotopic (exact) mass is 452 g/mol. The quantitative estimate of drug-likeness (QED) is 0.553. The molecule has 4 rings (SSSR count). The Morgan fingerprint density at radius 1 is 1.03 bits per heavy atom. The lowest BCUT2D eigenvalue weighted by atomic mass is 9.96. The maximum absolute atomic E-state index is 12.8. The third-order valence-electron chi connectivity index (χ3n) is 5.80. The molecule has 0 spiro atoms. The molecule has 0 atom stereocenters. The van der Waals surface area contributed by atoms with Crippen LogP contribution in [0.25, 0.3) is 11.4 Å². The first-order chi connectivity index (χ1) is 16.1. The van der Waals surface area contributed by atoms with Gasteiger partial charge < -0.3 is 24.1 Å². The number of ether oxygens (including phenoxy) is 3. The van der Waals surface area contributed by atoms with Crippen LogP contribution in [0.5, 0.6) is 17.2 Å². The summed E-state index contributed by atoms with van der Waals surface area (Å²) in [7, 11) is 4.79. The van der Waals surface area contributed by atoms with Gasteiger partial charge in [0.25, 0.3) is 0 Å². The molecule has 1 saturated heterocycles. The number of carbonyl (C=O) groups is 1. The third-order valence-corrected chi connectivity index (χ3v) is 5.80. The van der Waals surface area contributed by atoms with Gasteiger partial charge in [-0.3, -0.25) is 9.69 Å². The molecule has 1 N–H and O–H groups in total. The highest BCUT2D eigenvalue weighted by atomic mass is 16.5. The summed E-state index contributed by atoms with van der Waals surface area (Å²) in [5, 5.41) is 7.08. The zero-order chi connectivity index (χ0) is 23.2. The largest absolute Gasteiger partial charge is 0.497 e. The average Bonchev–Trinajstić information content (AvgIpc) is 3.33. The van der Waals surface area contributed by atoms with E-state index < -0.39 is 0 Å². The van der Waals surface area contributed by atoms with Crippen LogP contribution in [0.1, 0.15) is 18.7 Å². The number of hydrogen-bond donors (Lipinski definition) is 1. The number of methoxy groups -OCH3 is 3. The van der Waals surface area contributed by atoms with Crippen LogP contribution in [0.4, 0.5) is 5.69 Å². The Bertz CT molecular complexity index is 1070. The van der Waals surface area contributed by atoms with E-state index >= 15 is 0 Å². The van der Waals surface area contributed by atoms with Crippen molar-refractivity contribution in [2.24, 2.45) is 5.92 Å². The molecular weight excluding hydrogens is 424 g/mol. The normalized spacial score (nSPS) is 14.6. The molecule has 0 saturated carbocycles. The molecule has 2 heterocycles. The summed E-state index contributed by atoms with van der Waals surface area (Å²) in [5.74, 6) is 3.07. The first kappa shape index (κ1) is 22.6. The number of rotatable bonds is 8. The van der Waals surface area contributed by atoms with E-state index in [4.69, 9.17) is 18.7 Å². The number of aromatic nitrogens is 2. The fourth-order valence-corrected chi connectivity index (χ4v) is 3.86. The Hall–Kier alpha value is -3.59. The highest BCUT2D eigenvalue weighted by Gasteiger charge is 2.26. The van der Waals surface area contributed by atoms with Crippen molar-refractivity contribution in [3.8, 4) is 28.6 Å². The van der Waals surface area contributed by atoms with E-state index in [0.29, 0.717) is 35.4 Å². The molecule has 3 aromatic rings. The minimum absolute atomic E-state index is 0.00213. The molecule has 1 fully saturated rings. The second kappa shape index (κ2) is 10.4. The molecule has 0 bridgehead atoms. The van der Waals surface area contributed by atoms with E-state index in [1.54, 1.807) is 39.5 Å². The predicted octanol–water partition coefficient (Wildman–Crippen LogP) is 3.61. The number of hydrogen-bond acceptors (Lipinski definition) is 8. The van der Waals surface area contributed by atoms with Crippen molar-refractivity contribution in [1.82, 2.24) is 15.0 Å². The van der Waals surface area contributed by atoms with Crippen molar-refractivity contribution in [3.05, 3.63) is 48.4 Å². The number of amides is 1. The van der Waals surface area contributed by atoms with Gasteiger partial charge >= 0.3 is 0 Å². The number of nitrogens with zero attached hydrogens (tertiary/aromatic N) is 3. The summed E-state index contributed by atoms with van der Waals surface area (Å²) >= 11 is 0. The minimum atomic E-state index is -0.0643. The number of carbonyl (C=O) groups excluding carboxylic acids is 1. The summed E-state index contributed by atoms with van der Waals surface area (Å²) in [6.45, 7) is 2.11. The van der Waals surface area contributed by atoms with Crippen LogP contribution < -0.4 is 19.5 Å². The highest BCUT2D eigenvalue weighted by Crippen LogP contribution is 2.30. The lowest BCUT2D eigenvalue weighted by molar-refractivity contribution is -0.121. The maximum atomic E-state index is 12.8. The molecule has 1 aliphatic rings. The van der Waals surface area contributed by atoms with E-state index in [0.717, 1.165) is 37.2 Å². The Labute approximate surface area is 192 Å². The number of likely N-dealkylation sites (tertiary alicyclic amines) is 1. The molecular formula is C24H28N4O5. The van der Waals surface area contributed by atoms with Gasteiger partial charge in [-0.1, -0.05) is 5.16 Å². The standard InChI is InChI=1S/C24H28N4O5/c1-30-18-6-4-16(5-7-18)23-26-22(33-27-23)15-28-12-10-17(11-13-28)24(29)25-20-9-8-19(31-2)14-21(20)32-3/h4-9,14,17H,10-13,15H2,1-3H3,(H,25,29). The Morgan fingerprint density at radius 2 is 1.73 bits per heavy atom. The Morgan fingerprint density at radius 3 is 2.39 bits per heavy atom. The maximum Gasteiger partial charge on any atom is 0.241 e. The van der Waals surface area contributed by atoms with Crippen molar-refractivity contribution >= 4 is 11.6 Å². The van der Waals surface area contributed by atoms with E-state index in [1.165, 1.54) is 0 Å². The summed E-state index contributed by atoms with van der Waals surface area (Å²) < 4.78 is 21.2. The van der Waals surface area contributed by atoms with Crippen LogP contribution in [0, 0.1) is 5.92 Å². The number of nitrogens with one attached hydrogen (secondary N) is 1. The van der Waals surface area contributed by atoms with Crippen molar-refractivity contribution in [2.75, 3.05) is 39.7 Å². The molecule has 1 aliphatic heterocycles. The SMILES string of the molecule is COc1ccc(-c2noc(CN3CCC(C(=O)Nc4ccc(OC)cc4OC)CC3)n2)cc1. The average molecular weight is 453 g/mol. The summed E-state index contributed by atoms with van der Waals surface area (Å²) in [4.78, 5) is 19.5. The molecule has 9 heteroatoms. The molecule has 2 aromatic carbocycles. The molecule has 1 amide bonds. The van der Waals surface area contributed by atoms with Crippen LogP contribution >= 0.6 is 0 Å². The summed E-state index contributed by atoms with van der Waals surface area (Å²) in [6, 6.07) is 12.9. The molecule has 1 aromatic heterocycles. The first-order valence-corrected chi connectivity index (χ1v) is 10.8. The molecule has 33 heavy (non-hydrogen) atoms. The van der Waals surface area contributed by atoms with Gasteiger partial charge in [0.1, 0.15) is 17.2 Å². The molecule has 0 aliphatic carbocycles. The van der Waals surface area contributed by atoms with Crippen LogP contribution in [0.2, 0.25) is 0 Å². The van der Waals surface area contributed by atoms with Crippen molar-refractivity contribution in [3.63, 3.8) is 0 Å². The van der Waals surface area contributed by atoms with Gasteiger partial charge in [0.2, 0.25) is 17.6 Å². The van der Waals surface area contributed by atoms with Crippen LogP contribution in [-0.2, 0) is 11.3 Å². The van der Waals surface area contributed by atoms with E-state index in [2.05, 4.69) is 20.4 Å². The van der Waals surface area contributed by atoms with Crippen molar-refractivity contribution < 1.29 is 23.5 Å². The molecule has 174 valence electrons. The second-order valence-electron chi connectivity index (χ2n) is 7.85. The summed E-state index contributed by atoms with van der Waals surface area (Å²) in [5.41, 5.74) is 1.51. The predicted molar refractivity (Wildman–Crippen MR) is 122 cm³/mol. The topological polar surface area (TPSA) is 99.0 Å². The minimum Gasteiger partial charge on any atom is -0.497 e. The van der Waals surface area contributed by atoms with E-state index in [9.17, 15) is 4.79 Å². The van der Waals surface area contributed by atoms with Gasteiger partial charge in [-0.15, -0.1) is 0 Å². The van der Waals surface area contributed by atoms with Gasteiger partial charge in [-0.25, -0.2) is 0 Å². The zero-order valence-corrected chi connectivity index (χ0v) is 19.0. The Kier molecular flexibility index (Phi) is 7.09. The fourth-order valence-electron chi connectivity index (χ4n) is 3.86. The van der Waals surface area contributed by atoms with Crippen molar-refractivity contribution in [1.29, 1.82) is 0 Å². The van der Waals surface area contributed by atoms with Crippen LogP contribution in [0.3, 0.4) is 0 Å². The lowest BCUT2D eigenvalue weighted by Gasteiger charge is -2.30. The van der Waals surface area contributed by atoms with Gasteiger partial charge in [0.15, 0.2) is 0 Å².